The Morgan fingerprint density at radius 3 is 2.63 bits per heavy atom. The van der Waals surface area contributed by atoms with Crippen LogP contribution < -0.4 is 0 Å². The summed E-state index contributed by atoms with van der Waals surface area (Å²) >= 11 is 0. The van der Waals surface area contributed by atoms with E-state index in [-0.39, 0.29) is 0 Å². The van der Waals surface area contributed by atoms with Crippen LogP contribution in [0.2, 0.25) is 0 Å². The molecule has 0 heteroatoms. The van der Waals surface area contributed by atoms with Gasteiger partial charge in [0, 0.05) is 0 Å². The molecule has 0 aromatic carbocycles. The second-order valence-electron chi connectivity index (χ2n) is 12.3. The summed E-state index contributed by atoms with van der Waals surface area (Å²) in [5.41, 5.74) is 4.04. The third-order valence-electron chi connectivity index (χ3n) is 11.0. The summed E-state index contributed by atoms with van der Waals surface area (Å²) in [6.07, 6.45) is 22.4. The highest BCUT2D eigenvalue weighted by atomic mass is 14.8. The largest absolute Gasteiger partial charge is 0.0845 e. The van der Waals surface area contributed by atoms with E-state index in [1.807, 2.05) is 5.57 Å². The second-order valence-corrected chi connectivity index (χ2v) is 12.3. The normalized spacial score (nSPS) is 48.9. The van der Waals surface area contributed by atoms with Crippen molar-refractivity contribution in [3.63, 3.8) is 0 Å². The molecule has 152 valence electrons. The molecule has 5 aliphatic carbocycles. The van der Waals surface area contributed by atoms with Gasteiger partial charge in [0.1, 0.15) is 0 Å². The molecule has 7 atom stereocenters. The van der Waals surface area contributed by atoms with Crippen LogP contribution in [0, 0.1) is 45.8 Å². The molecule has 0 nitrogen and oxygen atoms in total. The average molecular weight is 369 g/mol. The maximum Gasteiger partial charge on any atom is -0.00853 e. The molecule has 0 radical (unpaired) electrons. The van der Waals surface area contributed by atoms with Crippen LogP contribution in [-0.2, 0) is 0 Å². The van der Waals surface area contributed by atoms with Crippen molar-refractivity contribution >= 4 is 0 Å². The number of allylic oxidation sites excluding steroid dienone is 2. The molecule has 1 spiro atoms. The fourth-order valence-corrected chi connectivity index (χ4v) is 9.53. The monoisotopic (exact) mass is 368 g/mol. The first-order valence-corrected chi connectivity index (χ1v) is 12.6. The highest BCUT2D eigenvalue weighted by Crippen LogP contribution is 2.85. The lowest BCUT2D eigenvalue weighted by Crippen LogP contribution is -2.47. The minimum Gasteiger partial charge on any atom is -0.0845 e. The van der Waals surface area contributed by atoms with Crippen LogP contribution in [0.1, 0.15) is 111 Å². The maximum absolute atomic E-state index is 2.76. The molecular formula is C27H44. The van der Waals surface area contributed by atoms with Gasteiger partial charge in [-0.2, -0.15) is 0 Å². The zero-order valence-corrected chi connectivity index (χ0v) is 18.7. The molecule has 5 aliphatic rings. The van der Waals surface area contributed by atoms with Crippen molar-refractivity contribution in [3.8, 4) is 0 Å². The number of rotatable bonds is 5. The first-order valence-electron chi connectivity index (χ1n) is 12.6. The molecule has 0 N–H and O–H groups in total. The van der Waals surface area contributed by atoms with E-state index in [9.17, 15) is 0 Å². The number of hydrogen-bond donors (Lipinski definition) is 0. The predicted molar refractivity (Wildman–Crippen MR) is 116 cm³/mol. The van der Waals surface area contributed by atoms with E-state index in [0.29, 0.717) is 5.41 Å². The van der Waals surface area contributed by atoms with Crippen molar-refractivity contribution in [1.82, 2.24) is 0 Å². The first kappa shape index (κ1) is 18.7. The van der Waals surface area contributed by atoms with Crippen LogP contribution in [0.5, 0.6) is 0 Å². The summed E-state index contributed by atoms with van der Waals surface area (Å²) in [6, 6.07) is 0. The SMILES string of the molecule is CC(C)CCC[C@@H](C)[C@@]12CC[C@H]3C4CC=C5CCCCC5(C)[C@H]4CCC31C2. The van der Waals surface area contributed by atoms with Gasteiger partial charge < -0.3 is 0 Å². The molecule has 0 aromatic rings. The van der Waals surface area contributed by atoms with Gasteiger partial charge in [-0.1, -0.05) is 65.0 Å². The molecule has 3 unspecified atom stereocenters. The Morgan fingerprint density at radius 2 is 1.81 bits per heavy atom. The van der Waals surface area contributed by atoms with Crippen molar-refractivity contribution in [2.45, 2.75) is 111 Å². The molecule has 27 heavy (non-hydrogen) atoms. The van der Waals surface area contributed by atoms with Gasteiger partial charge >= 0.3 is 0 Å². The summed E-state index contributed by atoms with van der Waals surface area (Å²) in [7, 11) is 0. The molecule has 4 fully saturated rings. The van der Waals surface area contributed by atoms with Crippen LogP contribution in [0.3, 0.4) is 0 Å². The van der Waals surface area contributed by atoms with Gasteiger partial charge in [-0.25, -0.2) is 0 Å². The lowest BCUT2D eigenvalue weighted by Gasteiger charge is -2.55. The summed E-state index contributed by atoms with van der Waals surface area (Å²) in [6.45, 7) is 10.1. The van der Waals surface area contributed by atoms with Crippen LogP contribution in [-0.4, -0.2) is 0 Å². The summed E-state index contributed by atoms with van der Waals surface area (Å²) < 4.78 is 0. The van der Waals surface area contributed by atoms with Gasteiger partial charge in [-0.15, -0.1) is 0 Å². The highest BCUT2D eigenvalue weighted by molar-refractivity contribution is 5.30. The van der Waals surface area contributed by atoms with Crippen LogP contribution in [0.15, 0.2) is 11.6 Å². The summed E-state index contributed by atoms with van der Waals surface area (Å²) in [4.78, 5) is 0. The molecule has 0 saturated heterocycles. The van der Waals surface area contributed by atoms with Crippen LogP contribution >= 0.6 is 0 Å². The second kappa shape index (κ2) is 6.37. The van der Waals surface area contributed by atoms with E-state index in [1.165, 1.54) is 51.4 Å². The molecule has 4 saturated carbocycles. The van der Waals surface area contributed by atoms with Crippen molar-refractivity contribution in [1.29, 1.82) is 0 Å². The smallest absolute Gasteiger partial charge is 0.00853 e. The van der Waals surface area contributed by atoms with E-state index in [0.717, 1.165) is 40.4 Å². The Labute approximate surface area is 169 Å². The third kappa shape index (κ3) is 2.53. The molecule has 0 aromatic heterocycles. The van der Waals surface area contributed by atoms with Crippen molar-refractivity contribution < 1.29 is 0 Å². The van der Waals surface area contributed by atoms with E-state index in [1.54, 1.807) is 32.1 Å². The summed E-state index contributed by atoms with van der Waals surface area (Å²) in [5, 5.41) is 0. The molecule has 0 amide bonds. The van der Waals surface area contributed by atoms with Crippen LogP contribution in [0.4, 0.5) is 0 Å². The van der Waals surface area contributed by atoms with Crippen molar-refractivity contribution in [3.05, 3.63) is 11.6 Å². The zero-order chi connectivity index (χ0) is 18.9. The molecule has 5 rings (SSSR count). The van der Waals surface area contributed by atoms with Gasteiger partial charge in [-0.3, -0.25) is 0 Å². The summed E-state index contributed by atoms with van der Waals surface area (Å²) in [5.74, 6) is 5.02. The molecule has 0 aliphatic heterocycles. The van der Waals surface area contributed by atoms with Crippen molar-refractivity contribution in [2.24, 2.45) is 45.8 Å². The van der Waals surface area contributed by atoms with Gasteiger partial charge in [0.2, 0.25) is 0 Å². The Bertz CT molecular complexity index is 614. The first-order chi connectivity index (χ1) is 12.9. The minimum absolute atomic E-state index is 0.589. The standard InChI is InChI=1S/C27H44/c1-19(2)8-7-9-20(3)26-16-14-24-22-12-11-21-10-5-6-15-25(21,4)23(22)13-17-27(24,26)18-26/h11,19-20,22-24H,5-10,12-18H2,1-4H3/t20-,22?,23+,24+,25?,26+,27?/m1/s1. The van der Waals surface area contributed by atoms with E-state index in [2.05, 4.69) is 33.8 Å². The Morgan fingerprint density at radius 1 is 1.00 bits per heavy atom. The Balaban J connectivity index is 1.34. The third-order valence-corrected chi connectivity index (χ3v) is 11.0. The quantitative estimate of drug-likeness (QED) is 0.429. The topological polar surface area (TPSA) is 0 Å². The van der Waals surface area contributed by atoms with Crippen molar-refractivity contribution in [2.75, 3.05) is 0 Å². The van der Waals surface area contributed by atoms with E-state index < -0.39 is 0 Å². The average Bonchev–Trinajstić information content (AvgIpc) is 3.17. The number of fused-ring (bicyclic) bond motifs is 4. The molecule has 0 heterocycles. The highest BCUT2D eigenvalue weighted by Gasteiger charge is 2.77. The van der Waals surface area contributed by atoms with Gasteiger partial charge in [0.25, 0.3) is 0 Å². The lowest BCUT2D eigenvalue weighted by atomic mass is 9.49. The van der Waals surface area contributed by atoms with Gasteiger partial charge in [0.15, 0.2) is 0 Å². The lowest BCUT2D eigenvalue weighted by molar-refractivity contribution is -0.00844. The van der Waals surface area contributed by atoms with E-state index in [4.69, 9.17) is 0 Å². The molecular weight excluding hydrogens is 324 g/mol. The van der Waals surface area contributed by atoms with E-state index >= 15 is 0 Å². The fourth-order valence-electron chi connectivity index (χ4n) is 9.53. The predicted octanol–water partition coefficient (Wildman–Crippen LogP) is 8.17. The Kier molecular flexibility index (Phi) is 4.42. The maximum atomic E-state index is 2.76. The fraction of sp³-hybridized carbons (Fsp3) is 0.926. The van der Waals surface area contributed by atoms with Crippen LogP contribution in [0.25, 0.3) is 0 Å². The number of hydrogen-bond acceptors (Lipinski definition) is 0. The van der Waals surface area contributed by atoms with Gasteiger partial charge in [0.05, 0.1) is 0 Å². The Hall–Kier alpha value is -0.260. The zero-order valence-electron chi connectivity index (χ0n) is 18.7. The molecule has 0 bridgehead atoms. The van der Waals surface area contributed by atoms with Gasteiger partial charge in [-0.05, 0) is 104 Å². The minimum atomic E-state index is 0.589.